The van der Waals surface area contributed by atoms with Gasteiger partial charge in [-0.15, -0.1) is 10.2 Å². The Hall–Kier alpha value is -1.95. The summed E-state index contributed by atoms with van der Waals surface area (Å²) in [5.41, 5.74) is 2.83. The Bertz CT molecular complexity index is 511. The fraction of sp³-hybridized carbons (Fsp3) is 0.308. The molecule has 0 fully saturated rings. The van der Waals surface area contributed by atoms with Crippen LogP contribution in [0.3, 0.4) is 0 Å². The molecule has 2 rings (SSSR count). The van der Waals surface area contributed by atoms with E-state index in [-0.39, 0.29) is 12.5 Å². The number of rotatable bonds is 6. The Balaban J connectivity index is 1.79. The molecule has 6 heteroatoms. The molecule has 2 aromatic rings. The highest BCUT2D eigenvalue weighted by Crippen LogP contribution is 2.13. The topological polar surface area (TPSA) is 64.1 Å². The molecule has 1 amide bonds. The van der Waals surface area contributed by atoms with E-state index in [1.807, 2.05) is 24.3 Å². The van der Waals surface area contributed by atoms with Gasteiger partial charge >= 0.3 is 0 Å². The summed E-state index contributed by atoms with van der Waals surface area (Å²) in [6.45, 7) is 2.11. The van der Waals surface area contributed by atoms with Crippen LogP contribution in [0.4, 0.5) is 5.13 Å². The van der Waals surface area contributed by atoms with Crippen molar-refractivity contribution in [3.63, 3.8) is 0 Å². The van der Waals surface area contributed by atoms with E-state index < -0.39 is 0 Å². The van der Waals surface area contributed by atoms with E-state index in [9.17, 15) is 4.79 Å². The second-order valence-corrected chi connectivity index (χ2v) is 4.81. The summed E-state index contributed by atoms with van der Waals surface area (Å²) < 4.78 is 5.39. The van der Waals surface area contributed by atoms with Crippen molar-refractivity contribution in [3.8, 4) is 5.75 Å². The van der Waals surface area contributed by atoms with E-state index >= 15 is 0 Å². The number of ether oxygens (including phenoxy) is 1. The molecule has 1 N–H and O–H groups in total. The first-order valence-corrected chi connectivity index (χ1v) is 6.93. The number of nitrogens with zero attached hydrogens (tertiary/aromatic N) is 2. The molecule has 0 bridgehead atoms. The summed E-state index contributed by atoms with van der Waals surface area (Å²) >= 11 is 1.27. The van der Waals surface area contributed by atoms with Gasteiger partial charge < -0.3 is 4.74 Å². The van der Waals surface area contributed by atoms with Crippen LogP contribution in [-0.2, 0) is 11.2 Å². The summed E-state index contributed by atoms with van der Waals surface area (Å²) in [6, 6.07) is 7.79. The van der Waals surface area contributed by atoms with Crippen molar-refractivity contribution in [1.29, 1.82) is 0 Å². The van der Waals surface area contributed by atoms with Gasteiger partial charge in [0.05, 0.1) is 0 Å². The lowest BCUT2D eigenvalue weighted by atomic mass is 10.1. The Morgan fingerprint density at radius 2 is 2.16 bits per heavy atom. The SMILES string of the molecule is CCCc1ccc(OCC(=O)Nc2nncs2)cc1. The van der Waals surface area contributed by atoms with Crippen LogP contribution >= 0.6 is 11.3 Å². The van der Waals surface area contributed by atoms with Crippen LogP contribution in [0.25, 0.3) is 0 Å². The molecule has 0 spiro atoms. The fourth-order valence-corrected chi connectivity index (χ4v) is 2.03. The first kappa shape index (κ1) is 13.5. The van der Waals surface area contributed by atoms with Crippen LogP contribution in [0.1, 0.15) is 18.9 Å². The van der Waals surface area contributed by atoms with Gasteiger partial charge in [0, 0.05) is 0 Å². The standard InChI is InChI=1S/C13H15N3O2S/c1-2-3-10-4-6-11(7-5-10)18-8-12(17)15-13-16-14-9-19-13/h4-7,9H,2-3,8H2,1H3,(H,15,16,17). The van der Waals surface area contributed by atoms with Crippen LogP contribution < -0.4 is 10.1 Å². The number of nitrogens with one attached hydrogen (secondary N) is 1. The van der Waals surface area contributed by atoms with Gasteiger partial charge in [0.2, 0.25) is 5.13 Å². The van der Waals surface area contributed by atoms with Gasteiger partial charge in [-0.1, -0.05) is 36.8 Å². The smallest absolute Gasteiger partial charge is 0.264 e. The maximum atomic E-state index is 11.6. The zero-order valence-corrected chi connectivity index (χ0v) is 11.4. The third kappa shape index (κ3) is 4.33. The number of hydrogen-bond acceptors (Lipinski definition) is 5. The van der Waals surface area contributed by atoms with E-state index in [2.05, 4.69) is 22.4 Å². The molecule has 0 saturated carbocycles. The molecule has 100 valence electrons. The maximum Gasteiger partial charge on any atom is 0.264 e. The van der Waals surface area contributed by atoms with Crippen molar-refractivity contribution in [1.82, 2.24) is 10.2 Å². The molecular formula is C13H15N3O2S. The quantitative estimate of drug-likeness (QED) is 0.881. The fourth-order valence-electron chi connectivity index (χ4n) is 1.57. The molecule has 19 heavy (non-hydrogen) atoms. The largest absolute Gasteiger partial charge is 0.484 e. The molecule has 5 nitrogen and oxygen atoms in total. The lowest BCUT2D eigenvalue weighted by Gasteiger charge is -2.06. The molecule has 0 saturated heterocycles. The monoisotopic (exact) mass is 277 g/mol. The third-order valence-corrected chi connectivity index (χ3v) is 3.05. The van der Waals surface area contributed by atoms with Crippen LogP contribution in [0.2, 0.25) is 0 Å². The van der Waals surface area contributed by atoms with Crippen molar-refractivity contribution in [2.24, 2.45) is 0 Å². The van der Waals surface area contributed by atoms with Gasteiger partial charge in [-0.05, 0) is 24.1 Å². The van der Waals surface area contributed by atoms with E-state index in [1.165, 1.54) is 16.9 Å². The van der Waals surface area contributed by atoms with E-state index in [4.69, 9.17) is 4.74 Å². The Morgan fingerprint density at radius 1 is 1.37 bits per heavy atom. The van der Waals surface area contributed by atoms with Crippen LogP contribution in [0.15, 0.2) is 29.8 Å². The number of hydrogen-bond donors (Lipinski definition) is 1. The lowest BCUT2D eigenvalue weighted by molar-refractivity contribution is -0.118. The van der Waals surface area contributed by atoms with Gasteiger partial charge in [0.15, 0.2) is 6.61 Å². The van der Waals surface area contributed by atoms with Gasteiger partial charge in [-0.25, -0.2) is 0 Å². The molecule has 1 aromatic heterocycles. The summed E-state index contributed by atoms with van der Waals surface area (Å²) in [6.07, 6.45) is 2.17. The average Bonchev–Trinajstić information content (AvgIpc) is 2.91. The first-order chi connectivity index (χ1) is 9.28. The van der Waals surface area contributed by atoms with Crippen LogP contribution in [0, 0.1) is 0 Å². The van der Waals surface area contributed by atoms with Gasteiger partial charge in [0.25, 0.3) is 5.91 Å². The van der Waals surface area contributed by atoms with Crippen molar-refractivity contribution < 1.29 is 9.53 Å². The molecule has 0 aliphatic rings. The summed E-state index contributed by atoms with van der Waals surface area (Å²) in [5, 5.41) is 10.4. The van der Waals surface area contributed by atoms with E-state index in [1.54, 1.807) is 5.51 Å². The summed E-state index contributed by atoms with van der Waals surface area (Å²) in [4.78, 5) is 11.6. The zero-order chi connectivity index (χ0) is 13.5. The number of aromatic nitrogens is 2. The number of aryl methyl sites for hydroxylation is 1. The Morgan fingerprint density at radius 3 is 2.79 bits per heavy atom. The van der Waals surface area contributed by atoms with Gasteiger partial charge in [0.1, 0.15) is 11.3 Å². The molecule has 1 heterocycles. The van der Waals surface area contributed by atoms with Crippen molar-refractivity contribution in [2.75, 3.05) is 11.9 Å². The predicted molar refractivity (Wildman–Crippen MR) is 74.5 cm³/mol. The lowest BCUT2D eigenvalue weighted by Crippen LogP contribution is -2.20. The molecular weight excluding hydrogens is 262 g/mol. The second-order valence-electron chi connectivity index (χ2n) is 3.97. The highest BCUT2D eigenvalue weighted by Gasteiger charge is 2.05. The maximum absolute atomic E-state index is 11.6. The van der Waals surface area contributed by atoms with E-state index in [0.29, 0.717) is 10.9 Å². The van der Waals surface area contributed by atoms with Crippen LogP contribution in [-0.4, -0.2) is 22.7 Å². The number of carbonyl (C=O) groups is 1. The van der Waals surface area contributed by atoms with E-state index in [0.717, 1.165) is 12.8 Å². The predicted octanol–water partition coefficient (Wildman–Crippen LogP) is 2.51. The molecule has 1 aromatic carbocycles. The number of benzene rings is 1. The zero-order valence-electron chi connectivity index (χ0n) is 10.6. The van der Waals surface area contributed by atoms with Crippen molar-refractivity contribution in [2.45, 2.75) is 19.8 Å². The Kier molecular flexibility index (Phi) is 4.85. The molecule has 0 aliphatic carbocycles. The number of amides is 1. The first-order valence-electron chi connectivity index (χ1n) is 6.05. The minimum Gasteiger partial charge on any atom is -0.484 e. The summed E-state index contributed by atoms with van der Waals surface area (Å²) in [5.74, 6) is 0.446. The average molecular weight is 277 g/mol. The molecule has 0 unspecified atom stereocenters. The van der Waals surface area contributed by atoms with Gasteiger partial charge in [-0.3, -0.25) is 10.1 Å². The van der Waals surface area contributed by atoms with Crippen molar-refractivity contribution >= 4 is 22.4 Å². The minimum absolute atomic E-state index is 0.0350. The van der Waals surface area contributed by atoms with Gasteiger partial charge in [-0.2, -0.15) is 0 Å². The molecule has 0 radical (unpaired) electrons. The summed E-state index contributed by atoms with van der Waals surface area (Å²) in [7, 11) is 0. The third-order valence-electron chi connectivity index (χ3n) is 2.44. The second kappa shape index (κ2) is 6.84. The highest BCUT2D eigenvalue weighted by molar-refractivity contribution is 7.13. The number of anilines is 1. The highest BCUT2D eigenvalue weighted by atomic mass is 32.1. The normalized spacial score (nSPS) is 10.2. The molecule has 0 aliphatic heterocycles. The molecule has 0 atom stereocenters. The van der Waals surface area contributed by atoms with Crippen LogP contribution in [0.5, 0.6) is 5.75 Å². The minimum atomic E-state index is -0.241. The Labute approximate surface area is 115 Å². The number of carbonyl (C=O) groups excluding carboxylic acids is 1. The van der Waals surface area contributed by atoms with Crippen molar-refractivity contribution in [3.05, 3.63) is 35.3 Å².